The molecule has 6 heteroatoms. The fourth-order valence-electron chi connectivity index (χ4n) is 3.03. The van der Waals surface area contributed by atoms with E-state index >= 15 is 0 Å². The van der Waals surface area contributed by atoms with E-state index in [1.807, 2.05) is 24.3 Å². The average molecular weight is 328 g/mol. The number of nitrogens with zero attached hydrogens (tertiary/aromatic N) is 3. The second-order valence-corrected chi connectivity index (χ2v) is 6.39. The lowest BCUT2D eigenvalue weighted by Crippen LogP contribution is -2.34. The van der Waals surface area contributed by atoms with Gasteiger partial charge in [0.15, 0.2) is 0 Å². The van der Waals surface area contributed by atoms with E-state index < -0.39 is 0 Å². The zero-order chi connectivity index (χ0) is 16.9. The number of benzene rings is 1. The molecule has 1 aromatic heterocycles. The third-order valence-corrected chi connectivity index (χ3v) is 4.65. The maximum absolute atomic E-state index is 12.2. The van der Waals surface area contributed by atoms with Crippen molar-refractivity contribution in [1.82, 2.24) is 14.7 Å². The fraction of sp³-hybridized carbons (Fsp3) is 0.444. The molecule has 0 spiro atoms. The van der Waals surface area contributed by atoms with Crippen LogP contribution in [0, 0.1) is 5.92 Å². The van der Waals surface area contributed by atoms with Gasteiger partial charge in [-0.15, -0.1) is 0 Å². The highest BCUT2D eigenvalue weighted by atomic mass is 16.3. The molecule has 0 bridgehead atoms. The zero-order valence-corrected chi connectivity index (χ0v) is 14.0. The molecule has 24 heavy (non-hydrogen) atoms. The summed E-state index contributed by atoms with van der Waals surface area (Å²) in [4.78, 5) is 14.6. The van der Waals surface area contributed by atoms with E-state index in [0.29, 0.717) is 23.9 Å². The first-order chi connectivity index (χ1) is 11.7. The number of aryl methyl sites for hydroxylation is 1. The van der Waals surface area contributed by atoms with Crippen molar-refractivity contribution in [3.8, 4) is 0 Å². The van der Waals surface area contributed by atoms with Gasteiger partial charge in [-0.2, -0.15) is 5.10 Å². The first kappa shape index (κ1) is 16.7. The molecule has 0 aliphatic carbocycles. The third-order valence-electron chi connectivity index (χ3n) is 4.65. The van der Waals surface area contributed by atoms with E-state index in [9.17, 15) is 9.90 Å². The number of carbonyl (C=O) groups is 1. The van der Waals surface area contributed by atoms with Crippen LogP contribution < -0.4 is 5.32 Å². The summed E-state index contributed by atoms with van der Waals surface area (Å²) in [7, 11) is 1.79. The monoisotopic (exact) mass is 328 g/mol. The van der Waals surface area contributed by atoms with Crippen LogP contribution in [0.25, 0.3) is 0 Å². The Hall–Kier alpha value is -2.18. The highest BCUT2D eigenvalue weighted by molar-refractivity contribution is 6.03. The third kappa shape index (κ3) is 4.01. The Labute approximate surface area is 142 Å². The maximum atomic E-state index is 12.2. The normalized spacial score (nSPS) is 16.2. The van der Waals surface area contributed by atoms with Gasteiger partial charge in [-0.3, -0.25) is 14.4 Å². The minimum absolute atomic E-state index is 0.131. The Bertz CT molecular complexity index is 673. The zero-order valence-electron chi connectivity index (χ0n) is 14.0. The summed E-state index contributed by atoms with van der Waals surface area (Å²) >= 11 is 0. The van der Waals surface area contributed by atoms with Crippen molar-refractivity contribution in [3.05, 3.63) is 47.7 Å². The molecule has 1 aliphatic rings. The second kappa shape index (κ2) is 7.59. The Balaban J connectivity index is 1.55. The number of likely N-dealkylation sites (tertiary alicyclic amines) is 1. The fourth-order valence-corrected chi connectivity index (χ4v) is 3.03. The van der Waals surface area contributed by atoms with Gasteiger partial charge in [0.05, 0.1) is 6.20 Å². The van der Waals surface area contributed by atoms with E-state index in [2.05, 4.69) is 15.3 Å². The number of aromatic nitrogens is 2. The van der Waals surface area contributed by atoms with Crippen molar-refractivity contribution in [2.75, 3.05) is 25.0 Å². The molecule has 1 amide bonds. The molecular weight excluding hydrogens is 304 g/mol. The number of aliphatic hydroxyl groups is 1. The topological polar surface area (TPSA) is 70.4 Å². The largest absolute Gasteiger partial charge is 0.396 e. The minimum Gasteiger partial charge on any atom is -0.396 e. The Morgan fingerprint density at radius 2 is 1.96 bits per heavy atom. The number of piperidine rings is 1. The number of hydrogen-bond acceptors (Lipinski definition) is 4. The van der Waals surface area contributed by atoms with E-state index in [1.165, 1.54) is 5.56 Å². The summed E-state index contributed by atoms with van der Waals surface area (Å²) in [5.41, 5.74) is 1.84. The van der Waals surface area contributed by atoms with E-state index in [-0.39, 0.29) is 5.91 Å². The number of anilines is 1. The van der Waals surface area contributed by atoms with Gasteiger partial charge in [-0.05, 0) is 49.5 Å². The van der Waals surface area contributed by atoms with Gasteiger partial charge >= 0.3 is 0 Å². The van der Waals surface area contributed by atoms with Gasteiger partial charge in [0.2, 0.25) is 0 Å². The molecule has 0 radical (unpaired) electrons. The van der Waals surface area contributed by atoms with Crippen molar-refractivity contribution in [2.24, 2.45) is 13.0 Å². The van der Waals surface area contributed by atoms with Crippen molar-refractivity contribution in [3.63, 3.8) is 0 Å². The number of nitrogens with one attached hydrogen (secondary N) is 1. The number of aliphatic hydroxyl groups excluding tert-OH is 1. The van der Waals surface area contributed by atoms with Gasteiger partial charge in [-0.1, -0.05) is 12.1 Å². The SMILES string of the molecule is Cn1nccc1NC(=O)c1ccc(CN2CCC(CO)CC2)cc1. The van der Waals surface area contributed by atoms with E-state index in [4.69, 9.17) is 0 Å². The lowest BCUT2D eigenvalue weighted by Gasteiger charge is -2.31. The highest BCUT2D eigenvalue weighted by Gasteiger charge is 2.18. The number of rotatable bonds is 5. The van der Waals surface area contributed by atoms with Crippen LogP contribution >= 0.6 is 0 Å². The van der Waals surface area contributed by atoms with Crippen LogP contribution in [0.5, 0.6) is 0 Å². The summed E-state index contributed by atoms with van der Waals surface area (Å²) in [6, 6.07) is 9.51. The van der Waals surface area contributed by atoms with Crippen LogP contribution in [0.1, 0.15) is 28.8 Å². The summed E-state index contributed by atoms with van der Waals surface area (Å²) in [6.07, 6.45) is 3.77. The highest BCUT2D eigenvalue weighted by Crippen LogP contribution is 2.18. The quantitative estimate of drug-likeness (QED) is 0.879. The van der Waals surface area contributed by atoms with Crippen LogP contribution in [0.3, 0.4) is 0 Å². The summed E-state index contributed by atoms with van der Waals surface area (Å²) < 4.78 is 1.63. The van der Waals surface area contributed by atoms with Crippen LogP contribution in [0.4, 0.5) is 5.82 Å². The molecule has 1 fully saturated rings. The van der Waals surface area contributed by atoms with Crippen LogP contribution in [0.15, 0.2) is 36.5 Å². The van der Waals surface area contributed by atoms with E-state index in [1.54, 1.807) is 24.0 Å². The Morgan fingerprint density at radius 3 is 2.54 bits per heavy atom. The molecule has 0 saturated carbocycles. The molecular formula is C18H24N4O2. The molecule has 6 nitrogen and oxygen atoms in total. The lowest BCUT2D eigenvalue weighted by atomic mass is 9.97. The predicted octanol–water partition coefficient (Wildman–Crippen LogP) is 1.88. The van der Waals surface area contributed by atoms with Crippen LogP contribution in [0.2, 0.25) is 0 Å². The lowest BCUT2D eigenvalue weighted by molar-refractivity contribution is 0.102. The number of carbonyl (C=O) groups excluding carboxylic acids is 1. The molecule has 1 aromatic carbocycles. The molecule has 1 aliphatic heterocycles. The molecule has 0 atom stereocenters. The van der Waals surface area contributed by atoms with E-state index in [0.717, 1.165) is 32.5 Å². The molecule has 1 saturated heterocycles. The molecule has 2 N–H and O–H groups in total. The van der Waals surface area contributed by atoms with Crippen LogP contribution in [-0.4, -0.2) is 45.4 Å². The molecule has 128 valence electrons. The first-order valence-electron chi connectivity index (χ1n) is 8.37. The number of hydrogen-bond donors (Lipinski definition) is 2. The van der Waals surface area contributed by atoms with Crippen molar-refractivity contribution in [1.29, 1.82) is 0 Å². The molecule has 2 heterocycles. The minimum atomic E-state index is -0.131. The maximum Gasteiger partial charge on any atom is 0.256 e. The van der Waals surface area contributed by atoms with Gasteiger partial charge in [0, 0.05) is 31.8 Å². The second-order valence-electron chi connectivity index (χ2n) is 6.39. The molecule has 2 aromatic rings. The summed E-state index contributed by atoms with van der Waals surface area (Å²) in [5.74, 6) is 1.00. The number of amides is 1. The van der Waals surface area contributed by atoms with Crippen molar-refractivity contribution in [2.45, 2.75) is 19.4 Å². The van der Waals surface area contributed by atoms with Gasteiger partial charge in [0.1, 0.15) is 5.82 Å². The van der Waals surface area contributed by atoms with Gasteiger partial charge in [0.25, 0.3) is 5.91 Å². The van der Waals surface area contributed by atoms with Crippen molar-refractivity contribution >= 4 is 11.7 Å². The molecule has 0 unspecified atom stereocenters. The molecule has 3 rings (SSSR count). The standard InChI is InChI=1S/C18H24N4O2/c1-21-17(6-9-19-21)20-18(24)16-4-2-14(3-5-16)12-22-10-7-15(13-23)8-11-22/h2-6,9,15,23H,7-8,10-13H2,1H3,(H,20,24). The predicted molar refractivity (Wildman–Crippen MR) is 92.7 cm³/mol. The summed E-state index contributed by atoms with van der Waals surface area (Å²) in [5, 5.41) is 16.1. The van der Waals surface area contributed by atoms with Crippen molar-refractivity contribution < 1.29 is 9.90 Å². The van der Waals surface area contributed by atoms with Crippen LogP contribution in [-0.2, 0) is 13.6 Å². The summed E-state index contributed by atoms with van der Waals surface area (Å²) in [6.45, 7) is 3.23. The smallest absolute Gasteiger partial charge is 0.256 e. The Kier molecular flexibility index (Phi) is 5.27. The van der Waals surface area contributed by atoms with Gasteiger partial charge in [-0.25, -0.2) is 0 Å². The average Bonchev–Trinajstić information content (AvgIpc) is 3.01. The first-order valence-corrected chi connectivity index (χ1v) is 8.37. The van der Waals surface area contributed by atoms with Gasteiger partial charge < -0.3 is 10.4 Å². The Morgan fingerprint density at radius 1 is 1.25 bits per heavy atom.